The molecule has 150 valence electrons. The standard InChI is InChI=1S/C22H14F3N3OS/c1-2-10-28-18-9-4-3-6-14(18)12-19(28)21(29)26-17-13-30-27-20(17)15-7-5-8-16(11-15)22(23,24)25/h1,3-9,11-13H,10H2,(H,26,29). The van der Waals surface area contributed by atoms with Gasteiger partial charge >= 0.3 is 6.18 Å². The third-order valence-electron chi connectivity index (χ3n) is 4.57. The molecule has 8 heteroatoms. The van der Waals surface area contributed by atoms with E-state index in [4.69, 9.17) is 6.42 Å². The number of carbonyl (C=O) groups excluding carboxylic acids is 1. The SMILES string of the molecule is C#CCn1c(C(=O)Nc2csnc2-c2cccc(C(F)(F)F)c2)cc2ccccc21. The number of rotatable bonds is 4. The molecule has 0 saturated heterocycles. The largest absolute Gasteiger partial charge is 0.416 e. The maximum absolute atomic E-state index is 13.1. The maximum atomic E-state index is 13.1. The Morgan fingerprint density at radius 2 is 1.97 bits per heavy atom. The lowest BCUT2D eigenvalue weighted by Crippen LogP contribution is -2.17. The summed E-state index contributed by atoms with van der Waals surface area (Å²) in [5, 5.41) is 5.21. The Labute approximate surface area is 174 Å². The topological polar surface area (TPSA) is 46.9 Å². The van der Waals surface area contributed by atoms with Crippen molar-refractivity contribution in [1.82, 2.24) is 8.94 Å². The van der Waals surface area contributed by atoms with E-state index in [1.54, 1.807) is 16.0 Å². The summed E-state index contributed by atoms with van der Waals surface area (Å²) in [7, 11) is 0. The second kappa shape index (κ2) is 7.69. The minimum Gasteiger partial charge on any atom is -0.325 e. The molecule has 0 aliphatic rings. The summed E-state index contributed by atoms with van der Waals surface area (Å²) in [6.07, 6.45) is 0.996. The van der Waals surface area contributed by atoms with Crippen molar-refractivity contribution in [3.8, 4) is 23.6 Å². The molecule has 30 heavy (non-hydrogen) atoms. The first-order chi connectivity index (χ1) is 14.4. The van der Waals surface area contributed by atoms with Crippen LogP contribution in [0.1, 0.15) is 16.1 Å². The first-order valence-corrected chi connectivity index (χ1v) is 9.67. The third kappa shape index (κ3) is 3.67. The summed E-state index contributed by atoms with van der Waals surface area (Å²) < 4.78 is 45.1. The molecule has 1 N–H and O–H groups in total. The van der Waals surface area contributed by atoms with Crippen LogP contribution in [0.15, 0.2) is 60.0 Å². The van der Waals surface area contributed by atoms with Crippen molar-refractivity contribution in [2.75, 3.05) is 5.32 Å². The summed E-state index contributed by atoms with van der Waals surface area (Å²) in [5.41, 5.74) is 1.28. The molecule has 2 aromatic carbocycles. The van der Waals surface area contributed by atoms with Crippen LogP contribution in [0, 0.1) is 12.3 Å². The van der Waals surface area contributed by atoms with Crippen LogP contribution in [-0.4, -0.2) is 14.8 Å². The van der Waals surface area contributed by atoms with Crippen LogP contribution in [0.5, 0.6) is 0 Å². The summed E-state index contributed by atoms with van der Waals surface area (Å²) in [6.45, 7) is 0.207. The Bertz CT molecular complexity index is 1280. The molecule has 4 rings (SSSR count). The number of benzene rings is 2. The molecule has 2 aromatic heterocycles. The molecule has 1 amide bonds. The highest BCUT2D eigenvalue weighted by atomic mass is 32.1. The number of terminal acetylenes is 1. The second-order valence-corrected chi connectivity index (χ2v) is 7.12. The van der Waals surface area contributed by atoms with E-state index in [2.05, 4.69) is 15.6 Å². The summed E-state index contributed by atoms with van der Waals surface area (Å²) in [6, 6.07) is 14.0. The molecule has 0 unspecified atom stereocenters. The van der Waals surface area contributed by atoms with Crippen LogP contribution in [0.25, 0.3) is 22.2 Å². The fraction of sp³-hybridized carbons (Fsp3) is 0.0909. The van der Waals surface area contributed by atoms with Crippen molar-refractivity contribution in [3.63, 3.8) is 0 Å². The van der Waals surface area contributed by atoms with Crippen LogP contribution in [0.2, 0.25) is 0 Å². The normalized spacial score (nSPS) is 11.4. The molecule has 0 spiro atoms. The van der Waals surface area contributed by atoms with Crippen LogP contribution in [0.3, 0.4) is 0 Å². The van der Waals surface area contributed by atoms with Gasteiger partial charge in [0.1, 0.15) is 11.4 Å². The van der Waals surface area contributed by atoms with Crippen LogP contribution < -0.4 is 5.32 Å². The first kappa shape index (κ1) is 19.7. The van der Waals surface area contributed by atoms with E-state index in [1.165, 1.54) is 12.1 Å². The number of halogens is 3. The number of aromatic nitrogens is 2. The summed E-state index contributed by atoms with van der Waals surface area (Å²) in [5.74, 6) is 2.12. The Morgan fingerprint density at radius 1 is 1.17 bits per heavy atom. The first-order valence-electron chi connectivity index (χ1n) is 8.83. The number of carbonyl (C=O) groups is 1. The number of anilines is 1. The smallest absolute Gasteiger partial charge is 0.325 e. The maximum Gasteiger partial charge on any atom is 0.416 e. The van der Waals surface area contributed by atoms with Gasteiger partial charge in [-0.25, -0.2) is 0 Å². The molecule has 4 nitrogen and oxygen atoms in total. The molecule has 0 aliphatic heterocycles. The van der Waals surface area contributed by atoms with Gasteiger partial charge in [0.25, 0.3) is 5.91 Å². The highest BCUT2D eigenvalue weighted by molar-refractivity contribution is 7.04. The fourth-order valence-electron chi connectivity index (χ4n) is 3.22. The van der Waals surface area contributed by atoms with Gasteiger partial charge in [-0.1, -0.05) is 36.3 Å². The molecule has 0 saturated carbocycles. The summed E-state index contributed by atoms with van der Waals surface area (Å²) >= 11 is 1.05. The van der Waals surface area contributed by atoms with E-state index in [1.807, 2.05) is 24.3 Å². The number of nitrogens with one attached hydrogen (secondary N) is 1. The van der Waals surface area contributed by atoms with Gasteiger partial charge in [0, 0.05) is 21.8 Å². The lowest BCUT2D eigenvalue weighted by molar-refractivity contribution is -0.137. The number of hydrogen-bond donors (Lipinski definition) is 1. The number of amides is 1. The zero-order chi connectivity index (χ0) is 21.3. The van der Waals surface area contributed by atoms with E-state index in [9.17, 15) is 18.0 Å². The lowest BCUT2D eigenvalue weighted by atomic mass is 10.1. The Morgan fingerprint density at radius 3 is 2.73 bits per heavy atom. The van der Waals surface area contributed by atoms with Crippen molar-refractivity contribution >= 4 is 34.0 Å². The Hall–Kier alpha value is -3.57. The van der Waals surface area contributed by atoms with Gasteiger partial charge < -0.3 is 9.88 Å². The van der Waals surface area contributed by atoms with E-state index < -0.39 is 17.6 Å². The van der Waals surface area contributed by atoms with Crippen LogP contribution >= 0.6 is 11.5 Å². The van der Waals surface area contributed by atoms with Crippen LogP contribution in [-0.2, 0) is 12.7 Å². The molecule has 2 heterocycles. The van der Waals surface area contributed by atoms with Gasteiger partial charge in [-0.15, -0.1) is 6.42 Å². The minimum absolute atomic E-state index is 0.207. The van der Waals surface area contributed by atoms with E-state index in [0.717, 1.165) is 34.6 Å². The lowest BCUT2D eigenvalue weighted by Gasteiger charge is -2.10. The monoisotopic (exact) mass is 425 g/mol. The van der Waals surface area contributed by atoms with E-state index in [-0.39, 0.29) is 17.8 Å². The molecule has 4 aromatic rings. The number of hydrogen-bond acceptors (Lipinski definition) is 3. The highest BCUT2D eigenvalue weighted by Gasteiger charge is 2.31. The Kier molecular flexibility index (Phi) is 5.06. The molecular formula is C22H14F3N3OS. The molecule has 0 atom stereocenters. The minimum atomic E-state index is -4.47. The van der Waals surface area contributed by atoms with Gasteiger partial charge in [-0.2, -0.15) is 17.5 Å². The third-order valence-corrected chi connectivity index (χ3v) is 5.20. The van der Waals surface area contributed by atoms with Crippen molar-refractivity contribution < 1.29 is 18.0 Å². The zero-order valence-corrected chi connectivity index (χ0v) is 16.2. The van der Waals surface area contributed by atoms with Gasteiger partial charge in [-0.05, 0) is 35.8 Å². The van der Waals surface area contributed by atoms with Gasteiger partial charge in [0.05, 0.1) is 17.8 Å². The predicted octanol–water partition coefficient (Wildman–Crippen LogP) is 5.67. The van der Waals surface area contributed by atoms with E-state index in [0.29, 0.717) is 11.4 Å². The van der Waals surface area contributed by atoms with Crippen molar-refractivity contribution in [2.24, 2.45) is 0 Å². The molecular weight excluding hydrogens is 411 g/mol. The number of nitrogens with zero attached hydrogens (tertiary/aromatic N) is 2. The summed E-state index contributed by atoms with van der Waals surface area (Å²) in [4.78, 5) is 13.0. The molecule has 0 fully saturated rings. The quantitative estimate of drug-likeness (QED) is 0.428. The zero-order valence-electron chi connectivity index (χ0n) is 15.4. The average molecular weight is 425 g/mol. The highest BCUT2D eigenvalue weighted by Crippen LogP contribution is 2.35. The second-order valence-electron chi connectivity index (χ2n) is 6.49. The fourth-order valence-corrected chi connectivity index (χ4v) is 3.86. The van der Waals surface area contributed by atoms with Crippen LogP contribution in [0.4, 0.5) is 18.9 Å². The van der Waals surface area contributed by atoms with Crippen molar-refractivity contribution in [3.05, 3.63) is 71.2 Å². The molecule has 0 bridgehead atoms. The van der Waals surface area contributed by atoms with Gasteiger partial charge in [0.2, 0.25) is 0 Å². The molecule has 0 radical (unpaired) electrons. The number of alkyl halides is 3. The van der Waals surface area contributed by atoms with Crippen molar-refractivity contribution in [2.45, 2.75) is 12.7 Å². The Balaban J connectivity index is 1.69. The molecule has 0 aliphatic carbocycles. The van der Waals surface area contributed by atoms with E-state index >= 15 is 0 Å². The number of fused-ring (bicyclic) bond motifs is 1. The number of para-hydroxylation sites is 1. The van der Waals surface area contributed by atoms with Crippen molar-refractivity contribution in [1.29, 1.82) is 0 Å². The average Bonchev–Trinajstić information content (AvgIpc) is 3.33. The van der Waals surface area contributed by atoms with Gasteiger partial charge in [-0.3, -0.25) is 4.79 Å². The predicted molar refractivity (Wildman–Crippen MR) is 111 cm³/mol. The van der Waals surface area contributed by atoms with Gasteiger partial charge in [0.15, 0.2) is 0 Å².